The molecule has 2 fully saturated rings. The molecule has 2 aliphatic heterocycles. The number of methoxy groups -OCH3 is 1. The fourth-order valence-electron chi connectivity index (χ4n) is 2.08. The molecule has 6 nitrogen and oxygen atoms in total. The number of carbonyl (C=O) groups excluding carboxylic acids is 1. The van der Waals surface area contributed by atoms with E-state index in [4.69, 9.17) is 14.9 Å². The molecule has 1 atom stereocenters. The molecule has 2 amide bonds. The van der Waals surface area contributed by atoms with E-state index < -0.39 is 5.54 Å². The molecular weight excluding hydrogens is 198 g/mol. The molecule has 2 aliphatic rings. The zero-order valence-electron chi connectivity index (χ0n) is 8.71. The summed E-state index contributed by atoms with van der Waals surface area (Å²) in [6, 6.07) is -0.220. The molecule has 0 saturated carbocycles. The maximum Gasteiger partial charge on any atom is 0.323 e. The van der Waals surface area contributed by atoms with E-state index in [0.29, 0.717) is 32.8 Å². The SMILES string of the molecule is COCCN1C(=O)NC(=N)C12CCOC2. The summed E-state index contributed by atoms with van der Waals surface area (Å²) in [5.41, 5.74) is -0.560. The summed E-state index contributed by atoms with van der Waals surface area (Å²) in [6.45, 7) is 1.98. The van der Waals surface area contributed by atoms with Gasteiger partial charge in [-0.25, -0.2) is 4.79 Å². The van der Waals surface area contributed by atoms with Gasteiger partial charge in [-0.3, -0.25) is 10.7 Å². The van der Waals surface area contributed by atoms with Crippen LogP contribution in [0.4, 0.5) is 4.79 Å². The van der Waals surface area contributed by atoms with Crippen molar-refractivity contribution >= 4 is 11.9 Å². The molecule has 2 saturated heterocycles. The Morgan fingerprint density at radius 2 is 2.53 bits per heavy atom. The lowest BCUT2D eigenvalue weighted by atomic mass is 9.97. The fourth-order valence-corrected chi connectivity index (χ4v) is 2.08. The standard InChI is InChI=1S/C9H15N3O3/c1-14-5-3-12-8(13)11-7(10)9(12)2-4-15-6-9/h2-6H2,1H3,(H2,10,11,13). The Morgan fingerprint density at radius 3 is 3.13 bits per heavy atom. The van der Waals surface area contributed by atoms with E-state index in [1.54, 1.807) is 12.0 Å². The molecule has 1 unspecified atom stereocenters. The molecule has 0 bridgehead atoms. The van der Waals surface area contributed by atoms with Crippen molar-refractivity contribution in [3.63, 3.8) is 0 Å². The molecule has 15 heavy (non-hydrogen) atoms. The molecule has 0 aromatic heterocycles. The number of nitrogens with one attached hydrogen (secondary N) is 2. The highest BCUT2D eigenvalue weighted by atomic mass is 16.5. The largest absolute Gasteiger partial charge is 0.383 e. The van der Waals surface area contributed by atoms with Crippen molar-refractivity contribution in [1.82, 2.24) is 10.2 Å². The van der Waals surface area contributed by atoms with E-state index in [1.165, 1.54) is 0 Å². The average Bonchev–Trinajstić information content (AvgIpc) is 2.75. The molecule has 2 heterocycles. The monoisotopic (exact) mass is 213 g/mol. The summed E-state index contributed by atoms with van der Waals surface area (Å²) in [5.74, 6) is 0.251. The lowest BCUT2D eigenvalue weighted by Gasteiger charge is -2.30. The number of amides is 2. The van der Waals surface area contributed by atoms with E-state index in [-0.39, 0.29) is 11.9 Å². The summed E-state index contributed by atoms with van der Waals surface area (Å²) in [6.07, 6.45) is 0.689. The molecule has 0 aliphatic carbocycles. The van der Waals surface area contributed by atoms with Crippen LogP contribution < -0.4 is 5.32 Å². The number of hydrogen-bond donors (Lipinski definition) is 2. The van der Waals surface area contributed by atoms with E-state index in [2.05, 4.69) is 5.32 Å². The van der Waals surface area contributed by atoms with Gasteiger partial charge in [0, 0.05) is 26.7 Å². The first-order chi connectivity index (χ1) is 7.20. The van der Waals surface area contributed by atoms with Gasteiger partial charge in [0.25, 0.3) is 0 Å². The Morgan fingerprint density at radius 1 is 1.73 bits per heavy atom. The van der Waals surface area contributed by atoms with Gasteiger partial charge in [0.2, 0.25) is 0 Å². The van der Waals surface area contributed by atoms with Gasteiger partial charge in [-0.05, 0) is 0 Å². The first kappa shape index (κ1) is 10.4. The van der Waals surface area contributed by atoms with Crippen molar-refractivity contribution < 1.29 is 14.3 Å². The van der Waals surface area contributed by atoms with Crippen molar-refractivity contribution in [2.45, 2.75) is 12.0 Å². The second kappa shape index (κ2) is 3.79. The molecule has 1 spiro atoms. The molecular formula is C9H15N3O3. The number of rotatable bonds is 3. The molecule has 2 N–H and O–H groups in total. The predicted molar refractivity (Wildman–Crippen MR) is 53.0 cm³/mol. The maximum atomic E-state index is 11.6. The second-order valence-corrected chi connectivity index (χ2v) is 3.78. The van der Waals surface area contributed by atoms with Gasteiger partial charge in [-0.1, -0.05) is 0 Å². The fraction of sp³-hybridized carbons (Fsp3) is 0.778. The summed E-state index contributed by atoms with van der Waals surface area (Å²) in [4.78, 5) is 13.3. The van der Waals surface area contributed by atoms with Crippen LogP contribution in [0.3, 0.4) is 0 Å². The second-order valence-electron chi connectivity index (χ2n) is 3.78. The normalized spacial score (nSPS) is 30.3. The van der Waals surface area contributed by atoms with Gasteiger partial charge in [0.15, 0.2) is 0 Å². The van der Waals surface area contributed by atoms with Crippen LogP contribution in [0.2, 0.25) is 0 Å². The zero-order chi connectivity index (χ0) is 10.9. The Hall–Kier alpha value is -1.14. The van der Waals surface area contributed by atoms with Gasteiger partial charge < -0.3 is 14.4 Å². The molecule has 0 aromatic carbocycles. The maximum absolute atomic E-state index is 11.6. The summed E-state index contributed by atoms with van der Waals surface area (Å²) in [7, 11) is 1.59. The highest BCUT2D eigenvalue weighted by molar-refractivity contribution is 6.08. The summed E-state index contributed by atoms with van der Waals surface area (Å²) >= 11 is 0. The number of carbonyl (C=O) groups is 1. The third-order valence-electron chi connectivity index (χ3n) is 2.98. The van der Waals surface area contributed by atoms with Crippen LogP contribution in [-0.4, -0.2) is 55.8 Å². The van der Waals surface area contributed by atoms with Gasteiger partial charge in [-0.2, -0.15) is 0 Å². The predicted octanol–water partition coefficient (Wildman–Crippen LogP) is -0.206. The van der Waals surface area contributed by atoms with Crippen molar-refractivity contribution in [3.8, 4) is 0 Å². The minimum Gasteiger partial charge on any atom is -0.383 e. The van der Waals surface area contributed by atoms with Crippen molar-refractivity contribution in [2.75, 3.05) is 33.5 Å². The minimum atomic E-state index is -0.560. The summed E-state index contributed by atoms with van der Waals surface area (Å²) < 4.78 is 10.3. The lowest BCUT2D eigenvalue weighted by molar-refractivity contribution is 0.109. The highest BCUT2D eigenvalue weighted by Gasteiger charge is 2.52. The van der Waals surface area contributed by atoms with Crippen LogP contribution in [0.5, 0.6) is 0 Å². The average molecular weight is 213 g/mol. The first-order valence-electron chi connectivity index (χ1n) is 4.95. The first-order valence-corrected chi connectivity index (χ1v) is 4.95. The van der Waals surface area contributed by atoms with E-state index in [9.17, 15) is 4.79 Å². The van der Waals surface area contributed by atoms with E-state index in [0.717, 1.165) is 0 Å². The van der Waals surface area contributed by atoms with Crippen LogP contribution in [0.15, 0.2) is 0 Å². The Balaban J connectivity index is 2.17. The highest BCUT2D eigenvalue weighted by Crippen LogP contribution is 2.30. The third kappa shape index (κ3) is 1.49. The molecule has 2 rings (SSSR count). The van der Waals surface area contributed by atoms with E-state index in [1.807, 2.05) is 0 Å². The van der Waals surface area contributed by atoms with Gasteiger partial charge >= 0.3 is 6.03 Å². The smallest absolute Gasteiger partial charge is 0.323 e. The minimum absolute atomic E-state index is 0.220. The van der Waals surface area contributed by atoms with Crippen LogP contribution in [0.1, 0.15) is 6.42 Å². The topological polar surface area (TPSA) is 74.7 Å². The number of urea groups is 1. The third-order valence-corrected chi connectivity index (χ3v) is 2.98. The number of hydrogen-bond acceptors (Lipinski definition) is 4. The number of ether oxygens (including phenoxy) is 2. The van der Waals surface area contributed by atoms with Gasteiger partial charge in [-0.15, -0.1) is 0 Å². The van der Waals surface area contributed by atoms with E-state index >= 15 is 0 Å². The number of nitrogens with zero attached hydrogens (tertiary/aromatic N) is 1. The van der Waals surface area contributed by atoms with Crippen LogP contribution >= 0.6 is 0 Å². The van der Waals surface area contributed by atoms with Crippen LogP contribution in [0, 0.1) is 5.41 Å². The number of amidine groups is 1. The van der Waals surface area contributed by atoms with Crippen LogP contribution in [-0.2, 0) is 9.47 Å². The molecule has 6 heteroatoms. The molecule has 0 radical (unpaired) electrons. The molecule has 0 aromatic rings. The van der Waals surface area contributed by atoms with Crippen molar-refractivity contribution in [2.24, 2.45) is 0 Å². The summed E-state index contributed by atoms with van der Waals surface area (Å²) in [5, 5.41) is 10.3. The van der Waals surface area contributed by atoms with Gasteiger partial charge in [0.05, 0.1) is 13.2 Å². The lowest BCUT2D eigenvalue weighted by Crippen LogP contribution is -2.51. The Labute approximate surface area is 88.0 Å². The zero-order valence-corrected chi connectivity index (χ0v) is 8.71. The Kier molecular flexibility index (Phi) is 2.62. The van der Waals surface area contributed by atoms with Crippen LogP contribution in [0.25, 0.3) is 0 Å². The van der Waals surface area contributed by atoms with Gasteiger partial charge in [0.1, 0.15) is 11.4 Å². The Bertz CT molecular complexity index is 286. The quantitative estimate of drug-likeness (QED) is 0.681. The van der Waals surface area contributed by atoms with Crippen molar-refractivity contribution in [1.29, 1.82) is 5.41 Å². The van der Waals surface area contributed by atoms with Crippen molar-refractivity contribution in [3.05, 3.63) is 0 Å². The molecule has 84 valence electrons.